The van der Waals surface area contributed by atoms with Gasteiger partial charge in [0.05, 0.1) is 6.10 Å². The summed E-state index contributed by atoms with van der Waals surface area (Å²) in [5, 5.41) is 18.8. The molecule has 1 fully saturated rings. The number of hydrogen-bond acceptors (Lipinski definition) is 3. The fourth-order valence-electron chi connectivity index (χ4n) is 2.29. The van der Waals surface area contributed by atoms with Gasteiger partial charge in [0.15, 0.2) is 0 Å². The van der Waals surface area contributed by atoms with E-state index in [-0.39, 0.29) is 6.10 Å². The van der Waals surface area contributed by atoms with Crippen molar-refractivity contribution in [1.29, 1.82) is 0 Å². The first-order valence-electron chi connectivity index (χ1n) is 5.88. The van der Waals surface area contributed by atoms with E-state index in [0.717, 1.165) is 5.56 Å². The number of hydrogen-bond donors (Lipinski definition) is 2. The van der Waals surface area contributed by atoms with Crippen LogP contribution in [0.4, 0.5) is 0 Å². The largest absolute Gasteiger partial charge is 0.480 e. The molecule has 4 heteroatoms. The van der Waals surface area contributed by atoms with Crippen molar-refractivity contribution in [2.24, 2.45) is 0 Å². The summed E-state index contributed by atoms with van der Waals surface area (Å²) in [6.07, 6.45) is 1.02. The lowest BCUT2D eigenvalue weighted by atomic mass is 10.0. The molecule has 0 saturated carbocycles. The van der Waals surface area contributed by atoms with E-state index in [9.17, 15) is 15.0 Å². The van der Waals surface area contributed by atoms with Crippen molar-refractivity contribution in [1.82, 2.24) is 4.90 Å². The summed E-state index contributed by atoms with van der Waals surface area (Å²) in [6, 6.07) is 8.66. The van der Waals surface area contributed by atoms with Gasteiger partial charge in [-0.2, -0.15) is 0 Å². The van der Waals surface area contributed by atoms with Gasteiger partial charge in [0.25, 0.3) is 0 Å². The average molecular weight is 235 g/mol. The number of benzene rings is 1. The number of rotatable bonds is 3. The molecule has 17 heavy (non-hydrogen) atoms. The van der Waals surface area contributed by atoms with Crippen LogP contribution in [-0.4, -0.2) is 40.3 Å². The zero-order chi connectivity index (χ0) is 12.3. The molecule has 0 amide bonds. The van der Waals surface area contributed by atoms with Crippen molar-refractivity contribution in [2.75, 3.05) is 13.1 Å². The first-order chi connectivity index (χ1) is 8.18. The molecule has 1 saturated heterocycles. The number of aliphatic carboxylic acids is 1. The Morgan fingerprint density at radius 2 is 1.82 bits per heavy atom. The Bertz CT molecular complexity index is 372. The van der Waals surface area contributed by atoms with Crippen LogP contribution in [0.2, 0.25) is 0 Å². The molecule has 4 nitrogen and oxygen atoms in total. The fraction of sp³-hybridized carbons (Fsp3) is 0.462. The summed E-state index contributed by atoms with van der Waals surface area (Å²) in [7, 11) is 0. The molecular weight excluding hydrogens is 218 g/mol. The number of likely N-dealkylation sites (tertiary alicyclic amines) is 1. The highest BCUT2D eigenvalue weighted by Gasteiger charge is 2.30. The van der Waals surface area contributed by atoms with Gasteiger partial charge in [-0.3, -0.25) is 9.69 Å². The third-order valence-electron chi connectivity index (χ3n) is 3.21. The topological polar surface area (TPSA) is 60.8 Å². The van der Waals surface area contributed by atoms with Crippen LogP contribution in [0.1, 0.15) is 24.4 Å². The molecule has 0 aromatic heterocycles. The molecule has 2 rings (SSSR count). The van der Waals surface area contributed by atoms with E-state index in [1.807, 2.05) is 35.2 Å². The second-order valence-electron chi connectivity index (χ2n) is 4.42. The second-order valence-corrected chi connectivity index (χ2v) is 4.42. The molecular formula is C13H17NO3. The zero-order valence-corrected chi connectivity index (χ0v) is 9.62. The first-order valence-corrected chi connectivity index (χ1v) is 5.88. The second kappa shape index (κ2) is 5.29. The first kappa shape index (κ1) is 12.1. The maximum Gasteiger partial charge on any atom is 0.325 e. The minimum absolute atomic E-state index is 0.281. The van der Waals surface area contributed by atoms with Crippen LogP contribution in [-0.2, 0) is 4.79 Å². The zero-order valence-electron chi connectivity index (χ0n) is 9.62. The lowest BCUT2D eigenvalue weighted by Gasteiger charge is -2.34. The fourth-order valence-corrected chi connectivity index (χ4v) is 2.29. The van der Waals surface area contributed by atoms with Crippen molar-refractivity contribution in [3.05, 3.63) is 35.9 Å². The van der Waals surface area contributed by atoms with Crippen LogP contribution in [0.5, 0.6) is 0 Å². The van der Waals surface area contributed by atoms with Gasteiger partial charge in [0, 0.05) is 13.1 Å². The van der Waals surface area contributed by atoms with Crippen molar-refractivity contribution >= 4 is 5.97 Å². The Morgan fingerprint density at radius 3 is 2.35 bits per heavy atom. The molecule has 0 radical (unpaired) electrons. The molecule has 92 valence electrons. The molecule has 1 heterocycles. The number of carboxylic acids is 1. The van der Waals surface area contributed by atoms with E-state index < -0.39 is 12.0 Å². The molecule has 1 atom stereocenters. The summed E-state index contributed by atoms with van der Waals surface area (Å²) in [5.41, 5.74) is 0.802. The lowest BCUT2D eigenvalue weighted by Crippen LogP contribution is -2.41. The highest BCUT2D eigenvalue weighted by atomic mass is 16.4. The maximum atomic E-state index is 11.4. The predicted octanol–water partition coefficient (Wildman–Crippen LogP) is 1.27. The van der Waals surface area contributed by atoms with Crippen molar-refractivity contribution in [2.45, 2.75) is 25.0 Å². The normalized spacial score (nSPS) is 20.1. The van der Waals surface area contributed by atoms with Crippen LogP contribution in [0.3, 0.4) is 0 Å². The van der Waals surface area contributed by atoms with Gasteiger partial charge >= 0.3 is 5.97 Å². The van der Waals surface area contributed by atoms with Crippen LogP contribution >= 0.6 is 0 Å². The van der Waals surface area contributed by atoms with Gasteiger partial charge in [-0.05, 0) is 18.4 Å². The summed E-state index contributed by atoms with van der Waals surface area (Å²) < 4.78 is 0. The van der Waals surface area contributed by atoms with Gasteiger partial charge in [-0.1, -0.05) is 30.3 Å². The summed E-state index contributed by atoms with van der Waals surface area (Å²) in [6.45, 7) is 1.26. The highest BCUT2D eigenvalue weighted by molar-refractivity contribution is 5.75. The van der Waals surface area contributed by atoms with Gasteiger partial charge in [0.1, 0.15) is 6.04 Å². The molecule has 0 unspecified atom stereocenters. The monoisotopic (exact) mass is 235 g/mol. The standard InChI is InChI=1S/C13H17NO3/c15-11-6-8-14(9-7-11)12(13(16)17)10-4-2-1-3-5-10/h1-5,11-12,15H,6-9H2,(H,16,17)/t12-/m1/s1. The van der Waals surface area contributed by atoms with Crippen LogP contribution in [0.25, 0.3) is 0 Å². The third-order valence-corrected chi connectivity index (χ3v) is 3.21. The molecule has 0 aliphatic carbocycles. The highest BCUT2D eigenvalue weighted by Crippen LogP contribution is 2.24. The molecule has 1 aliphatic heterocycles. The van der Waals surface area contributed by atoms with Crippen molar-refractivity contribution in [3.63, 3.8) is 0 Å². The summed E-state index contributed by atoms with van der Waals surface area (Å²) >= 11 is 0. The maximum absolute atomic E-state index is 11.4. The Hall–Kier alpha value is -1.39. The van der Waals surface area contributed by atoms with Crippen molar-refractivity contribution < 1.29 is 15.0 Å². The number of nitrogens with zero attached hydrogens (tertiary/aromatic N) is 1. The van der Waals surface area contributed by atoms with E-state index in [1.165, 1.54) is 0 Å². The van der Waals surface area contributed by atoms with Gasteiger partial charge < -0.3 is 10.2 Å². The average Bonchev–Trinajstić information content (AvgIpc) is 2.33. The Labute approximate surface area is 100 Å². The van der Waals surface area contributed by atoms with Crippen LogP contribution < -0.4 is 0 Å². The number of piperidine rings is 1. The molecule has 0 spiro atoms. The van der Waals surface area contributed by atoms with Crippen LogP contribution in [0, 0.1) is 0 Å². The van der Waals surface area contributed by atoms with Gasteiger partial charge in [-0.15, -0.1) is 0 Å². The number of carbonyl (C=O) groups is 1. The Morgan fingerprint density at radius 1 is 1.24 bits per heavy atom. The van der Waals surface area contributed by atoms with Gasteiger partial charge in [-0.25, -0.2) is 0 Å². The minimum Gasteiger partial charge on any atom is -0.480 e. The number of aliphatic hydroxyl groups is 1. The van der Waals surface area contributed by atoms with E-state index in [0.29, 0.717) is 25.9 Å². The molecule has 1 aromatic rings. The van der Waals surface area contributed by atoms with Gasteiger partial charge in [0.2, 0.25) is 0 Å². The molecule has 1 aliphatic rings. The summed E-state index contributed by atoms with van der Waals surface area (Å²) in [4.78, 5) is 13.3. The Kier molecular flexibility index (Phi) is 3.76. The van der Waals surface area contributed by atoms with Crippen LogP contribution in [0.15, 0.2) is 30.3 Å². The molecule has 2 N–H and O–H groups in total. The lowest BCUT2D eigenvalue weighted by molar-refractivity contribution is -0.144. The Balaban J connectivity index is 2.16. The minimum atomic E-state index is -0.826. The third kappa shape index (κ3) is 2.84. The smallest absolute Gasteiger partial charge is 0.325 e. The van der Waals surface area contributed by atoms with E-state index in [2.05, 4.69) is 0 Å². The quantitative estimate of drug-likeness (QED) is 0.828. The summed E-state index contributed by atoms with van der Waals surface area (Å²) in [5.74, 6) is -0.826. The van der Waals surface area contributed by atoms with E-state index in [4.69, 9.17) is 0 Å². The molecule has 0 bridgehead atoms. The van der Waals surface area contributed by atoms with E-state index >= 15 is 0 Å². The number of carboxylic acid groups (broad SMARTS) is 1. The number of aliphatic hydroxyl groups excluding tert-OH is 1. The SMILES string of the molecule is O=C(O)[C@@H](c1ccccc1)N1CCC(O)CC1. The van der Waals surface area contributed by atoms with Crippen molar-refractivity contribution in [3.8, 4) is 0 Å². The molecule has 1 aromatic carbocycles. The van der Waals surface area contributed by atoms with E-state index in [1.54, 1.807) is 0 Å². The predicted molar refractivity (Wildman–Crippen MR) is 63.6 cm³/mol.